The van der Waals surface area contributed by atoms with E-state index in [9.17, 15) is 55.2 Å². The molecule has 1 aliphatic carbocycles. The van der Waals surface area contributed by atoms with Crippen LogP contribution in [0.25, 0.3) is 33.4 Å². The highest BCUT2D eigenvalue weighted by Crippen LogP contribution is 2.42. The monoisotopic (exact) mass is 952 g/mol. The number of hydrogen-bond acceptors (Lipinski definition) is 17. The zero-order chi connectivity index (χ0) is 49.2. The Bertz CT molecular complexity index is 2390. The number of benzene rings is 3. The Morgan fingerprint density at radius 1 is 0.735 bits per heavy atom. The number of rotatable bonds is 21. The molecule has 2 fully saturated rings. The van der Waals surface area contributed by atoms with Crippen LogP contribution in [0.15, 0.2) is 59.0 Å². The minimum absolute atomic E-state index is 0.117. The zero-order valence-electron chi connectivity index (χ0n) is 38.7. The Balaban J connectivity index is 0.899. The summed E-state index contributed by atoms with van der Waals surface area (Å²) in [6, 6.07) is 15.9. The van der Waals surface area contributed by atoms with Gasteiger partial charge in [0.25, 0.3) is 5.91 Å². The molecule has 3 aliphatic heterocycles. The van der Waals surface area contributed by atoms with Crippen molar-refractivity contribution in [1.82, 2.24) is 15.2 Å². The zero-order valence-corrected chi connectivity index (χ0v) is 38.7. The molecule has 20 nitrogen and oxygen atoms in total. The van der Waals surface area contributed by atoms with Crippen molar-refractivity contribution in [3.8, 4) is 22.5 Å². The number of carboxylic acids is 1. The lowest BCUT2D eigenvalue weighted by atomic mass is 9.89. The summed E-state index contributed by atoms with van der Waals surface area (Å²) in [5, 5.41) is 90.9. The maximum absolute atomic E-state index is 13.2. The minimum atomic E-state index is -1.76. The standard InChI is InChI=1S/C48H64N4O16/c1-51(2)27-13-16-30-33(22-27)65-34-23-28(52(3)4)14-17-31(34)38(30)29-15-12-26(21-32(29)46(62)63)45(61)50-19-18-49-37(55)11-9-7-5-6-8-10-20-64-47-43(60)41(58)44(36(25-54)67-47)68-48-42(59)40(57)39(56)35(24-53)66-48/h12-17,21-23,35-36,39-44,47-48,53-54,56-60H,5-11,18-20,24-25H2,1-4H3,(H2-,49,50,55,61,62,63)/t35-,36-,39+,40+,41-,42-,43-,44-,47-,48+/m1/s1. The normalized spacial score (nSPS) is 25.0. The SMILES string of the molecule is CN(C)c1ccc2c(-c3ccc(C(=O)NCCNC(=O)CCCCCCCCO[C@@H]4O[C@H](CO)[C@@H](O[C@@H]5O[C@H](CO)[C@H](O)[C@H](O)[C@H]5O)[C@H](O)[C@H]4O)cc3C(=O)[O-])c3ccc(=[N+](C)C)cc-3oc2c1. The summed E-state index contributed by atoms with van der Waals surface area (Å²) >= 11 is 0. The summed E-state index contributed by atoms with van der Waals surface area (Å²) < 4.78 is 30.5. The van der Waals surface area contributed by atoms with Crippen molar-refractivity contribution >= 4 is 34.4 Å². The number of aliphatic hydroxyl groups is 7. The van der Waals surface area contributed by atoms with E-state index in [1.54, 1.807) is 12.1 Å². The first-order valence-electron chi connectivity index (χ1n) is 22.8. The summed E-state index contributed by atoms with van der Waals surface area (Å²) in [4.78, 5) is 40.3. The fraction of sp³-hybridized carbons (Fsp3) is 0.542. The van der Waals surface area contributed by atoms with Crippen LogP contribution < -0.4 is 30.6 Å². The molecule has 9 N–H and O–H groups in total. The number of nitrogens with zero attached hydrogens (tertiary/aromatic N) is 2. The molecule has 2 aromatic rings. The summed E-state index contributed by atoms with van der Waals surface area (Å²) in [7, 11) is 7.66. The fourth-order valence-corrected chi connectivity index (χ4v) is 8.34. The van der Waals surface area contributed by atoms with E-state index in [0.29, 0.717) is 52.7 Å². The maximum atomic E-state index is 13.2. The molecule has 4 aliphatic rings. The van der Waals surface area contributed by atoms with Gasteiger partial charge in [0.05, 0.1) is 25.2 Å². The predicted octanol–water partition coefficient (Wildman–Crippen LogP) is -1.12. The third-order valence-electron chi connectivity index (χ3n) is 12.3. The molecule has 0 saturated carbocycles. The van der Waals surface area contributed by atoms with Crippen LogP contribution in [0.5, 0.6) is 0 Å². The second-order valence-electron chi connectivity index (χ2n) is 17.5. The van der Waals surface area contributed by atoms with Gasteiger partial charge in [0.2, 0.25) is 11.3 Å². The van der Waals surface area contributed by atoms with Crippen molar-refractivity contribution in [3.05, 3.63) is 71.1 Å². The molecule has 0 aromatic heterocycles. The van der Waals surface area contributed by atoms with Crippen LogP contribution in [-0.4, -0.2) is 176 Å². The number of hydrogen-bond donors (Lipinski definition) is 9. The molecule has 68 heavy (non-hydrogen) atoms. The molecule has 3 heterocycles. The lowest BCUT2D eigenvalue weighted by Gasteiger charge is -2.45. The summed E-state index contributed by atoms with van der Waals surface area (Å²) in [5.74, 6) is -1.56. The quantitative estimate of drug-likeness (QED) is 0.0272. The van der Waals surface area contributed by atoms with Crippen molar-refractivity contribution in [3.63, 3.8) is 0 Å². The second-order valence-corrected chi connectivity index (χ2v) is 17.5. The van der Waals surface area contributed by atoms with E-state index in [1.807, 2.05) is 74.1 Å². The number of anilines is 1. The summed E-state index contributed by atoms with van der Waals surface area (Å²) in [6.07, 6.45) is -10.4. The lowest BCUT2D eigenvalue weighted by Crippen LogP contribution is -2.64. The Kier molecular flexibility index (Phi) is 18.4. The molecule has 20 heteroatoms. The Hall–Kier alpha value is -5.10. The van der Waals surface area contributed by atoms with E-state index in [4.69, 9.17) is 23.4 Å². The van der Waals surface area contributed by atoms with Gasteiger partial charge in [-0.3, -0.25) is 9.59 Å². The first-order valence-corrected chi connectivity index (χ1v) is 22.8. The van der Waals surface area contributed by atoms with Crippen LogP contribution in [0.1, 0.15) is 65.7 Å². The average Bonchev–Trinajstić information content (AvgIpc) is 3.32. The molecule has 2 aromatic carbocycles. The third-order valence-corrected chi connectivity index (χ3v) is 12.3. The Morgan fingerprint density at radius 2 is 1.40 bits per heavy atom. The van der Waals surface area contributed by atoms with Crippen molar-refractivity contribution in [2.75, 3.05) is 66.0 Å². The van der Waals surface area contributed by atoms with Crippen molar-refractivity contribution in [1.29, 1.82) is 0 Å². The van der Waals surface area contributed by atoms with Gasteiger partial charge in [-0.05, 0) is 48.7 Å². The number of aliphatic hydroxyl groups excluding tert-OH is 7. The number of nitrogens with one attached hydrogen (secondary N) is 2. The maximum Gasteiger partial charge on any atom is 0.251 e. The number of carbonyl (C=O) groups excluding carboxylic acids is 3. The van der Waals surface area contributed by atoms with Gasteiger partial charge in [-0.15, -0.1) is 0 Å². The molecule has 372 valence electrons. The van der Waals surface area contributed by atoms with Gasteiger partial charge >= 0.3 is 0 Å². The van der Waals surface area contributed by atoms with Crippen LogP contribution in [0.4, 0.5) is 5.69 Å². The molecular weight excluding hydrogens is 889 g/mol. The topological polar surface area (TPSA) is 296 Å². The van der Waals surface area contributed by atoms with E-state index in [2.05, 4.69) is 10.6 Å². The van der Waals surface area contributed by atoms with E-state index >= 15 is 0 Å². The Labute approximate surface area is 393 Å². The van der Waals surface area contributed by atoms with Crippen molar-refractivity contribution in [2.45, 2.75) is 106 Å². The van der Waals surface area contributed by atoms with E-state index in [0.717, 1.165) is 36.7 Å². The number of ether oxygens (including phenoxy) is 4. The van der Waals surface area contributed by atoms with E-state index in [-0.39, 0.29) is 36.7 Å². The molecule has 6 rings (SSSR count). The van der Waals surface area contributed by atoms with Gasteiger partial charge in [-0.1, -0.05) is 31.7 Å². The fourth-order valence-electron chi connectivity index (χ4n) is 8.34. The number of carboxylic acid groups (broad SMARTS) is 1. The molecule has 2 saturated heterocycles. The van der Waals surface area contributed by atoms with Crippen LogP contribution >= 0.6 is 0 Å². The van der Waals surface area contributed by atoms with Gasteiger partial charge in [0.15, 0.2) is 12.6 Å². The van der Waals surface area contributed by atoms with E-state index < -0.39 is 86.5 Å². The highest BCUT2D eigenvalue weighted by molar-refractivity contribution is 6.09. The highest BCUT2D eigenvalue weighted by atomic mass is 16.7. The summed E-state index contributed by atoms with van der Waals surface area (Å²) in [5.41, 5.74) is 3.12. The van der Waals surface area contributed by atoms with Crippen LogP contribution in [0, 0.1) is 0 Å². The first-order chi connectivity index (χ1) is 32.5. The van der Waals surface area contributed by atoms with Crippen LogP contribution in [0.2, 0.25) is 0 Å². The molecule has 2 amide bonds. The molecule has 0 radical (unpaired) electrons. The third kappa shape index (κ3) is 12.4. The minimum Gasteiger partial charge on any atom is -0.545 e. The molecule has 10 atom stereocenters. The number of carbonyl (C=O) groups is 3. The number of unbranched alkanes of at least 4 members (excludes halogenated alkanes) is 5. The van der Waals surface area contributed by atoms with Crippen molar-refractivity contribution < 1.29 is 78.6 Å². The van der Waals surface area contributed by atoms with Crippen LogP contribution in [-0.2, 0) is 23.7 Å². The lowest BCUT2D eigenvalue weighted by molar-refractivity contribution is -0.359. The van der Waals surface area contributed by atoms with Crippen LogP contribution in [0.3, 0.4) is 0 Å². The molecular formula is C48H64N4O16. The Morgan fingerprint density at radius 3 is 2.09 bits per heavy atom. The average molecular weight is 953 g/mol. The van der Waals surface area contributed by atoms with Gasteiger partial charge in [-0.2, -0.15) is 0 Å². The smallest absolute Gasteiger partial charge is 0.251 e. The summed E-state index contributed by atoms with van der Waals surface area (Å²) in [6.45, 7) is -0.896. The van der Waals surface area contributed by atoms with Gasteiger partial charge in [0.1, 0.15) is 74.3 Å². The number of aromatic carboxylic acids is 1. The van der Waals surface area contributed by atoms with Gasteiger partial charge in [-0.25, -0.2) is 4.58 Å². The number of fused-ring (bicyclic) bond motifs is 2. The first kappa shape index (κ1) is 52.3. The second kappa shape index (κ2) is 24.0. The largest absolute Gasteiger partial charge is 0.545 e. The highest BCUT2D eigenvalue weighted by Gasteiger charge is 2.50. The molecule has 0 unspecified atom stereocenters. The number of amides is 2. The molecule has 0 bridgehead atoms. The van der Waals surface area contributed by atoms with Gasteiger partial charge in [0, 0.05) is 85.7 Å². The molecule has 0 spiro atoms. The predicted molar refractivity (Wildman–Crippen MR) is 244 cm³/mol. The van der Waals surface area contributed by atoms with E-state index in [1.165, 1.54) is 6.07 Å². The van der Waals surface area contributed by atoms with Crippen molar-refractivity contribution in [2.24, 2.45) is 0 Å². The van der Waals surface area contributed by atoms with Gasteiger partial charge < -0.3 is 84.5 Å².